The Bertz CT molecular complexity index is 607. The van der Waals surface area contributed by atoms with Gasteiger partial charge in [-0.15, -0.1) is 11.8 Å². The summed E-state index contributed by atoms with van der Waals surface area (Å²) in [5.74, 6) is 1.05. The van der Waals surface area contributed by atoms with Crippen molar-refractivity contribution in [3.63, 3.8) is 0 Å². The molecule has 1 heterocycles. The molecule has 0 fully saturated rings. The van der Waals surface area contributed by atoms with Crippen LogP contribution in [0, 0.1) is 6.92 Å². The molecule has 0 aliphatic heterocycles. The van der Waals surface area contributed by atoms with E-state index in [0.29, 0.717) is 12.2 Å². The third-order valence-corrected chi connectivity index (χ3v) is 4.61. The molecule has 0 spiro atoms. The molecule has 1 aromatic carbocycles. The summed E-state index contributed by atoms with van der Waals surface area (Å²) in [5.41, 5.74) is 1.94. The highest BCUT2D eigenvalue weighted by Gasteiger charge is 2.15. The summed E-state index contributed by atoms with van der Waals surface area (Å²) in [7, 11) is 1.85. The van der Waals surface area contributed by atoms with Gasteiger partial charge in [0.2, 0.25) is 0 Å². The zero-order valence-corrected chi connectivity index (χ0v) is 14.3. The Morgan fingerprint density at radius 3 is 2.68 bits per heavy atom. The summed E-state index contributed by atoms with van der Waals surface area (Å²) in [6.45, 7) is 5.55. The normalized spacial score (nSPS) is 10.7. The van der Waals surface area contributed by atoms with Gasteiger partial charge in [-0.2, -0.15) is 5.10 Å². The van der Waals surface area contributed by atoms with Gasteiger partial charge in [-0.1, -0.05) is 17.7 Å². The van der Waals surface area contributed by atoms with Crippen molar-refractivity contribution in [2.45, 2.75) is 31.7 Å². The minimum absolute atomic E-state index is 0.0414. The lowest BCUT2D eigenvalue weighted by molar-refractivity contribution is 0.0783. The first-order valence-corrected chi connectivity index (χ1v) is 8.57. The number of aromatic nitrogens is 2. The highest BCUT2D eigenvalue weighted by molar-refractivity contribution is 7.99. The monoisotopic (exact) mass is 317 g/mol. The Morgan fingerprint density at radius 2 is 2.00 bits per heavy atom. The molecule has 0 radical (unpaired) electrons. The molecule has 0 saturated carbocycles. The third kappa shape index (κ3) is 4.37. The van der Waals surface area contributed by atoms with Crippen molar-refractivity contribution in [3.05, 3.63) is 47.8 Å². The molecule has 22 heavy (non-hydrogen) atoms. The van der Waals surface area contributed by atoms with Crippen molar-refractivity contribution in [1.29, 1.82) is 0 Å². The fourth-order valence-electron chi connectivity index (χ4n) is 2.19. The quantitative estimate of drug-likeness (QED) is 0.580. The summed E-state index contributed by atoms with van der Waals surface area (Å²) in [6, 6.07) is 10.3. The van der Waals surface area contributed by atoms with Crippen LogP contribution in [0.4, 0.5) is 0 Å². The predicted molar refractivity (Wildman–Crippen MR) is 91.4 cm³/mol. The number of carbonyl (C=O) groups is 1. The van der Waals surface area contributed by atoms with E-state index in [1.165, 1.54) is 10.5 Å². The fraction of sp³-hybridized carbons (Fsp3) is 0.412. The maximum absolute atomic E-state index is 12.3. The van der Waals surface area contributed by atoms with Crippen LogP contribution in [-0.2, 0) is 6.54 Å². The van der Waals surface area contributed by atoms with Crippen LogP contribution in [0.15, 0.2) is 41.4 Å². The van der Waals surface area contributed by atoms with E-state index < -0.39 is 0 Å². The van der Waals surface area contributed by atoms with Crippen LogP contribution in [0.3, 0.4) is 0 Å². The van der Waals surface area contributed by atoms with Gasteiger partial charge in [-0.3, -0.25) is 9.48 Å². The number of nitrogens with zero attached hydrogens (tertiary/aromatic N) is 3. The molecule has 1 aromatic heterocycles. The molecule has 5 heteroatoms. The molecule has 2 rings (SSSR count). The first-order valence-electron chi connectivity index (χ1n) is 7.58. The zero-order chi connectivity index (χ0) is 15.9. The Hall–Kier alpha value is -1.75. The fourth-order valence-corrected chi connectivity index (χ4v) is 3.03. The van der Waals surface area contributed by atoms with Gasteiger partial charge in [0, 0.05) is 31.2 Å². The lowest BCUT2D eigenvalue weighted by atomic mass is 10.2. The largest absolute Gasteiger partial charge is 0.340 e. The van der Waals surface area contributed by atoms with Gasteiger partial charge in [-0.05, 0) is 44.2 Å². The number of carbonyl (C=O) groups excluding carboxylic acids is 1. The Morgan fingerprint density at radius 1 is 1.27 bits per heavy atom. The minimum Gasteiger partial charge on any atom is -0.340 e. The maximum atomic E-state index is 12.3. The minimum atomic E-state index is 0.0414. The number of aryl methyl sites for hydroxylation is 2. The second-order valence-electron chi connectivity index (χ2n) is 5.27. The smallest absolute Gasteiger partial charge is 0.271 e. The lowest BCUT2D eigenvalue weighted by Gasteiger charge is -2.17. The van der Waals surface area contributed by atoms with E-state index in [1.54, 1.807) is 21.8 Å². The van der Waals surface area contributed by atoms with Crippen LogP contribution in [0.1, 0.15) is 29.4 Å². The molecule has 4 nitrogen and oxygen atoms in total. The molecule has 0 N–H and O–H groups in total. The van der Waals surface area contributed by atoms with Gasteiger partial charge in [0.25, 0.3) is 5.91 Å². The number of rotatable bonds is 7. The molecule has 0 atom stereocenters. The van der Waals surface area contributed by atoms with Gasteiger partial charge >= 0.3 is 0 Å². The molecular weight excluding hydrogens is 294 g/mol. The summed E-state index contributed by atoms with van der Waals surface area (Å²) in [5, 5.41) is 4.15. The van der Waals surface area contributed by atoms with Gasteiger partial charge in [-0.25, -0.2) is 0 Å². The van der Waals surface area contributed by atoms with Crippen LogP contribution in [0.25, 0.3) is 0 Å². The van der Waals surface area contributed by atoms with Crippen LogP contribution < -0.4 is 0 Å². The van der Waals surface area contributed by atoms with E-state index in [1.807, 2.05) is 25.7 Å². The van der Waals surface area contributed by atoms with E-state index in [9.17, 15) is 4.79 Å². The molecule has 1 amide bonds. The number of hydrogen-bond acceptors (Lipinski definition) is 3. The van der Waals surface area contributed by atoms with Crippen molar-refractivity contribution in [3.8, 4) is 0 Å². The molecule has 118 valence electrons. The molecule has 0 bridgehead atoms. The summed E-state index contributed by atoms with van der Waals surface area (Å²) in [4.78, 5) is 15.4. The van der Waals surface area contributed by atoms with Crippen LogP contribution in [0.2, 0.25) is 0 Å². The molecule has 2 aromatic rings. The van der Waals surface area contributed by atoms with Gasteiger partial charge in [0.1, 0.15) is 5.69 Å². The molecule has 0 unspecified atom stereocenters. The summed E-state index contributed by atoms with van der Waals surface area (Å²) >= 11 is 1.83. The van der Waals surface area contributed by atoms with Gasteiger partial charge < -0.3 is 4.90 Å². The summed E-state index contributed by atoms with van der Waals surface area (Å²) in [6.07, 6.45) is 2.65. The first kappa shape index (κ1) is 16.6. The zero-order valence-electron chi connectivity index (χ0n) is 13.5. The first-order chi connectivity index (χ1) is 10.6. The van der Waals surface area contributed by atoms with E-state index >= 15 is 0 Å². The van der Waals surface area contributed by atoms with Crippen LogP contribution in [0.5, 0.6) is 0 Å². The highest BCUT2D eigenvalue weighted by atomic mass is 32.2. The van der Waals surface area contributed by atoms with Gasteiger partial charge in [0.15, 0.2) is 0 Å². The SMILES string of the molecule is CCn1nccc1C(=O)N(C)CCCSc1ccc(C)cc1. The Kier molecular flexibility index (Phi) is 6.07. The predicted octanol–water partition coefficient (Wildman–Crippen LogP) is 3.47. The van der Waals surface area contributed by atoms with E-state index in [2.05, 4.69) is 36.3 Å². The number of hydrogen-bond donors (Lipinski definition) is 0. The highest BCUT2D eigenvalue weighted by Crippen LogP contribution is 2.19. The summed E-state index contributed by atoms with van der Waals surface area (Å²) < 4.78 is 1.74. The van der Waals surface area contributed by atoms with E-state index in [0.717, 1.165) is 18.7 Å². The van der Waals surface area contributed by atoms with Crippen molar-refractivity contribution >= 4 is 17.7 Å². The second-order valence-corrected chi connectivity index (χ2v) is 6.44. The van der Waals surface area contributed by atoms with Crippen molar-refractivity contribution in [2.24, 2.45) is 0 Å². The Balaban J connectivity index is 1.76. The molecule has 0 saturated heterocycles. The van der Waals surface area contributed by atoms with Crippen molar-refractivity contribution < 1.29 is 4.79 Å². The average Bonchev–Trinajstić information content (AvgIpc) is 3.00. The van der Waals surface area contributed by atoms with Crippen molar-refractivity contribution in [2.75, 3.05) is 19.3 Å². The maximum Gasteiger partial charge on any atom is 0.271 e. The Labute approximate surface area is 136 Å². The standard InChI is InChI=1S/C17H23N3OS/c1-4-20-16(10-11-18-20)17(21)19(3)12-5-13-22-15-8-6-14(2)7-9-15/h6-11H,4-5,12-13H2,1-3H3. The number of amides is 1. The van der Waals surface area contributed by atoms with E-state index in [-0.39, 0.29) is 5.91 Å². The average molecular weight is 317 g/mol. The number of thioether (sulfide) groups is 1. The second kappa shape index (κ2) is 8.03. The molecular formula is C17H23N3OS. The van der Waals surface area contributed by atoms with Gasteiger partial charge in [0.05, 0.1) is 0 Å². The lowest BCUT2D eigenvalue weighted by Crippen LogP contribution is -2.30. The number of benzene rings is 1. The molecule has 0 aliphatic rings. The van der Waals surface area contributed by atoms with Crippen molar-refractivity contribution in [1.82, 2.24) is 14.7 Å². The third-order valence-electron chi connectivity index (χ3n) is 3.51. The van der Waals surface area contributed by atoms with Crippen LogP contribution >= 0.6 is 11.8 Å². The van der Waals surface area contributed by atoms with Crippen LogP contribution in [-0.4, -0.2) is 39.9 Å². The molecule has 0 aliphatic carbocycles. The van der Waals surface area contributed by atoms with E-state index in [4.69, 9.17) is 0 Å². The topological polar surface area (TPSA) is 38.1 Å².